The third-order valence-corrected chi connectivity index (χ3v) is 4.99. The molecule has 0 radical (unpaired) electrons. The van der Waals surface area contributed by atoms with Crippen molar-refractivity contribution >= 4 is 21.6 Å². The molecule has 0 spiro atoms. The van der Waals surface area contributed by atoms with Crippen LogP contribution in [-0.4, -0.2) is 45.1 Å². The second kappa shape index (κ2) is 8.06. The Hall–Kier alpha value is -2.45. The van der Waals surface area contributed by atoms with Gasteiger partial charge in [0.05, 0.1) is 18.7 Å². The first-order valence-electron chi connectivity index (χ1n) is 8.64. The van der Waals surface area contributed by atoms with Crippen molar-refractivity contribution in [1.29, 1.82) is 0 Å². The Labute approximate surface area is 158 Å². The van der Waals surface area contributed by atoms with E-state index < -0.39 is 10.0 Å². The van der Waals surface area contributed by atoms with Crippen molar-refractivity contribution in [1.82, 2.24) is 10.2 Å². The van der Waals surface area contributed by atoms with E-state index in [9.17, 15) is 17.6 Å². The standard InChI is InChI=1S/C19H22FN3O3S/c1-27(25,26)22-17-7-2-4-14(10-17)11-19(24)23-9-8-21-13-18(23)15-5-3-6-16(20)12-15/h2-7,10,12,18,21-22H,8-9,11,13H2,1H3. The van der Waals surface area contributed by atoms with Crippen molar-refractivity contribution in [2.75, 3.05) is 30.6 Å². The molecule has 2 aromatic rings. The van der Waals surface area contributed by atoms with Crippen molar-refractivity contribution in [3.8, 4) is 0 Å². The van der Waals surface area contributed by atoms with E-state index in [0.717, 1.165) is 11.8 Å². The molecule has 1 atom stereocenters. The number of amides is 1. The van der Waals surface area contributed by atoms with Crippen molar-refractivity contribution in [2.45, 2.75) is 12.5 Å². The number of anilines is 1. The molecule has 1 aliphatic heterocycles. The Morgan fingerprint density at radius 1 is 1.26 bits per heavy atom. The van der Waals surface area contributed by atoms with E-state index >= 15 is 0 Å². The second-order valence-corrected chi connectivity index (χ2v) is 8.36. The minimum Gasteiger partial charge on any atom is -0.333 e. The third kappa shape index (κ3) is 5.27. The number of hydrogen-bond acceptors (Lipinski definition) is 4. The molecule has 3 rings (SSSR count). The van der Waals surface area contributed by atoms with E-state index in [1.54, 1.807) is 35.2 Å². The van der Waals surface area contributed by atoms with Gasteiger partial charge in [0, 0.05) is 25.3 Å². The number of carbonyl (C=O) groups is 1. The summed E-state index contributed by atoms with van der Waals surface area (Å²) in [7, 11) is -3.38. The summed E-state index contributed by atoms with van der Waals surface area (Å²) in [6.07, 6.45) is 1.22. The van der Waals surface area contributed by atoms with E-state index in [4.69, 9.17) is 0 Å². The van der Waals surface area contributed by atoms with Gasteiger partial charge in [-0.1, -0.05) is 24.3 Å². The predicted molar refractivity (Wildman–Crippen MR) is 102 cm³/mol. The van der Waals surface area contributed by atoms with Gasteiger partial charge in [-0.15, -0.1) is 0 Å². The van der Waals surface area contributed by atoms with Gasteiger partial charge < -0.3 is 10.2 Å². The van der Waals surface area contributed by atoms with Crippen LogP contribution in [0.2, 0.25) is 0 Å². The first-order valence-corrected chi connectivity index (χ1v) is 10.5. The number of benzene rings is 2. The molecule has 27 heavy (non-hydrogen) atoms. The summed E-state index contributed by atoms with van der Waals surface area (Å²) >= 11 is 0. The van der Waals surface area contributed by atoms with Crippen LogP contribution in [-0.2, 0) is 21.2 Å². The van der Waals surface area contributed by atoms with Crippen LogP contribution < -0.4 is 10.0 Å². The van der Waals surface area contributed by atoms with Crippen molar-refractivity contribution < 1.29 is 17.6 Å². The average molecular weight is 391 g/mol. The lowest BCUT2D eigenvalue weighted by molar-refractivity contribution is -0.133. The first-order chi connectivity index (χ1) is 12.8. The third-order valence-electron chi connectivity index (χ3n) is 4.38. The molecule has 1 heterocycles. The molecule has 0 aliphatic carbocycles. The second-order valence-electron chi connectivity index (χ2n) is 6.61. The van der Waals surface area contributed by atoms with Gasteiger partial charge in [-0.2, -0.15) is 0 Å². The van der Waals surface area contributed by atoms with Crippen LogP contribution in [0, 0.1) is 5.82 Å². The normalized spacial score (nSPS) is 17.6. The summed E-state index contributed by atoms with van der Waals surface area (Å²) in [5.74, 6) is -0.410. The summed E-state index contributed by atoms with van der Waals surface area (Å²) in [6, 6.07) is 12.8. The van der Waals surface area contributed by atoms with Crippen molar-refractivity contribution in [2.24, 2.45) is 0 Å². The quantitative estimate of drug-likeness (QED) is 0.816. The van der Waals surface area contributed by atoms with E-state index in [0.29, 0.717) is 30.9 Å². The van der Waals surface area contributed by atoms with Gasteiger partial charge in [0.25, 0.3) is 0 Å². The molecule has 6 nitrogen and oxygen atoms in total. The van der Waals surface area contributed by atoms with Crippen LogP contribution in [0.15, 0.2) is 48.5 Å². The molecular formula is C19H22FN3O3S. The number of nitrogens with one attached hydrogen (secondary N) is 2. The zero-order valence-electron chi connectivity index (χ0n) is 15.0. The molecule has 144 valence electrons. The van der Waals surface area contributed by atoms with Gasteiger partial charge in [-0.3, -0.25) is 9.52 Å². The maximum absolute atomic E-state index is 13.6. The molecule has 0 bridgehead atoms. The first kappa shape index (κ1) is 19.3. The van der Waals surface area contributed by atoms with Crippen molar-refractivity contribution in [3.05, 3.63) is 65.5 Å². The number of rotatable bonds is 5. The lowest BCUT2D eigenvalue weighted by atomic mass is 10.0. The summed E-state index contributed by atoms with van der Waals surface area (Å²) in [5, 5.41) is 3.24. The molecular weight excluding hydrogens is 369 g/mol. The molecule has 0 saturated carbocycles. The predicted octanol–water partition coefficient (Wildman–Crippen LogP) is 1.91. The van der Waals surface area contributed by atoms with Gasteiger partial charge in [-0.05, 0) is 35.4 Å². The molecule has 2 N–H and O–H groups in total. The minimum atomic E-state index is -3.38. The fourth-order valence-corrected chi connectivity index (χ4v) is 3.80. The number of nitrogens with zero attached hydrogens (tertiary/aromatic N) is 1. The molecule has 8 heteroatoms. The largest absolute Gasteiger partial charge is 0.333 e. The Balaban J connectivity index is 1.77. The van der Waals surface area contributed by atoms with Crippen LogP contribution in [0.5, 0.6) is 0 Å². The summed E-state index contributed by atoms with van der Waals surface area (Å²) < 4.78 is 38.8. The van der Waals surface area contributed by atoms with Crippen LogP contribution in [0.4, 0.5) is 10.1 Å². The highest BCUT2D eigenvalue weighted by atomic mass is 32.2. The van der Waals surface area contributed by atoms with Crippen LogP contribution in [0.3, 0.4) is 0 Å². The lowest BCUT2D eigenvalue weighted by Crippen LogP contribution is -2.49. The van der Waals surface area contributed by atoms with E-state index in [1.165, 1.54) is 12.1 Å². The highest BCUT2D eigenvalue weighted by Crippen LogP contribution is 2.24. The van der Waals surface area contributed by atoms with Gasteiger partial charge >= 0.3 is 0 Å². The molecule has 0 aromatic heterocycles. The Morgan fingerprint density at radius 3 is 2.78 bits per heavy atom. The lowest BCUT2D eigenvalue weighted by Gasteiger charge is -2.36. The summed E-state index contributed by atoms with van der Waals surface area (Å²) in [5.41, 5.74) is 1.89. The van der Waals surface area contributed by atoms with Crippen LogP contribution in [0.25, 0.3) is 0 Å². The molecule has 2 aromatic carbocycles. The number of piperazine rings is 1. The van der Waals surface area contributed by atoms with E-state index in [-0.39, 0.29) is 24.2 Å². The molecule has 1 aliphatic rings. The van der Waals surface area contributed by atoms with Gasteiger partial charge in [0.1, 0.15) is 5.82 Å². The fraction of sp³-hybridized carbons (Fsp3) is 0.316. The minimum absolute atomic E-state index is 0.0812. The van der Waals surface area contributed by atoms with Gasteiger partial charge in [0.2, 0.25) is 15.9 Å². The Bertz CT molecular complexity index is 933. The SMILES string of the molecule is CS(=O)(=O)Nc1cccc(CC(=O)N2CCNCC2c2cccc(F)c2)c1. The van der Waals surface area contributed by atoms with Gasteiger partial charge in [-0.25, -0.2) is 12.8 Å². The van der Waals surface area contributed by atoms with E-state index in [1.807, 2.05) is 6.07 Å². The molecule has 1 amide bonds. The summed E-state index contributed by atoms with van der Waals surface area (Å²) in [4.78, 5) is 14.7. The fourth-order valence-electron chi connectivity index (χ4n) is 3.25. The Morgan fingerprint density at radius 2 is 2.04 bits per heavy atom. The smallest absolute Gasteiger partial charge is 0.229 e. The van der Waals surface area contributed by atoms with Gasteiger partial charge in [0.15, 0.2) is 0 Å². The van der Waals surface area contributed by atoms with E-state index in [2.05, 4.69) is 10.0 Å². The number of carbonyl (C=O) groups excluding carboxylic acids is 1. The zero-order chi connectivity index (χ0) is 19.4. The highest BCUT2D eigenvalue weighted by Gasteiger charge is 2.28. The maximum atomic E-state index is 13.6. The summed E-state index contributed by atoms with van der Waals surface area (Å²) in [6.45, 7) is 1.76. The highest BCUT2D eigenvalue weighted by molar-refractivity contribution is 7.92. The topological polar surface area (TPSA) is 78.5 Å². The number of sulfonamides is 1. The number of halogens is 1. The van der Waals surface area contributed by atoms with Crippen LogP contribution in [0.1, 0.15) is 17.2 Å². The molecule has 1 saturated heterocycles. The monoisotopic (exact) mass is 391 g/mol. The van der Waals surface area contributed by atoms with Crippen molar-refractivity contribution in [3.63, 3.8) is 0 Å². The molecule has 1 unspecified atom stereocenters. The number of hydrogen-bond donors (Lipinski definition) is 2. The average Bonchev–Trinajstić information content (AvgIpc) is 2.60. The van der Waals surface area contributed by atoms with Crippen LogP contribution >= 0.6 is 0 Å². The Kier molecular flexibility index (Phi) is 5.76. The zero-order valence-corrected chi connectivity index (χ0v) is 15.8. The maximum Gasteiger partial charge on any atom is 0.229 e. The molecule has 1 fully saturated rings.